The molecule has 0 atom stereocenters. The topological polar surface area (TPSA) is 101 Å². The number of aromatic nitrogens is 2. The second kappa shape index (κ2) is 5.28. The van der Waals surface area contributed by atoms with E-state index in [2.05, 4.69) is 20.9 Å². The van der Waals surface area contributed by atoms with Crippen LogP contribution in [0.1, 0.15) is 0 Å². The van der Waals surface area contributed by atoms with E-state index < -0.39 is 0 Å². The van der Waals surface area contributed by atoms with E-state index in [9.17, 15) is 5.21 Å². The molecular formula is C10H7BrCl2N4O2. The number of rotatable bonds is 2. The monoisotopic (exact) mass is 364 g/mol. The van der Waals surface area contributed by atoms with Crippen LogP contribution in [0, 0.1) is 5.21 Å². The Hall–Kier alpha value is -1.44. The van der Waals surface area contributed by atoms with Gasteiger partial charge in [-0.3, -0.25) is 0 Å². The largest absolute Gasteiger partial charge is 0.754 e. The average molecular weight is 366 g/mol. The van der Waals surface area contributed by atoms with Gasteiger partial charge in [-0.05, 0) is 34.1 Å². The van der Waals surface area contributed by atoms with Crippen LogP contribution < -0.4 is 20.9 Å². The summed E-state index contributed by atoms with van der Waals surface area (Å²) in [5, 5.41) is 12.1. The van der Waals surface area contributed by atoms with Crippen LogP contribution in [0.5, 0.6) is 11.6 Å². The van der Waals surface area contributed by atoms with E-state index >= 15 is 0 Å². The van der Waals surface area contributed by atoms with Gasteiger partial charge in [-0.2, -0.15) is 0 Å². The minimum Gasteiger partial charge on any atom is -0.754 e. The summed E-state index contributed by atoms with van der Waals surface area (Å²) in [5.74, 6) is -0.151. The first-order valence-corrected chi connectivity index (χ1v) is 6.42. The predicted octanol–water partition coefficient (Wildman–Crippen LogP) is 2.74. The molecule has 0 spiro atoms. The number of benzene rings is 1. The fourth-order valence-electron chi connectivity index (χ4n) is 1.25. The molecule has 0 fully saturated rings. The molecule has 0 saturated carbocycles. The Morgan fingerprint density at radius 3 is 2.63 bits per heavy atom. The summed E-state index contributed by atoms with van der Waals surface area (Å²) < 4.78 is 5.91. The standard InChI is InChI=1S/C10H7BrCl2N4O2/c11-7-8(14)17(18)10(15)16-9(7)19-6-2-1-4(12)3-5(6)13/h1-3H,14H2,(H2,15,16). The van der Waals surface area contributed by atoms with Crippen molar-refractivity contribution in [1.29, 1.82) is 0 Å². The van der Waals surface area contributed by atoms with Gasteiger partial charge in [0.1, 0.15) is 5.75 Å². The summed E-state index contributed by atoms with van der Waals surface area (Å²) in [6, 6.07) is 4.67. The average Bonchev–Trinajstić information content (AvgIpc) is 2.36. The van der Waals surface area contributed by atoms with Gasteiger partial charge in [0.25, 0.3) is 5.88 Å². The molecule has 2 aromatic rings. The number of ether oxygens (including phenoxy) is 1. The lowest BCUT2D eigenvalue weighted by atomic mass is 10.3. The van der Waals surface area contributed by atoms with Crippen molar-refractivity contribution in [3.63, 3.8) is 0 Å². The molecule has 0 radical (unpaired) electrons. The van der Waals surface area contributed by atoms with Crippen LogP contribution in [0.15, 0.2) is 22.7 Å². The molecule has 9 heteroatoms. The Labute approximate surface area is 126 Å². The van der Waals surface area contributed by atoms with Crippen molar-refractivity contribution < 1.29 is 9.47 Å². The molecule has 0 unspecified atom stereocenters. The Morgan fingerprint density at radius 1 is 1.32 bits per heavy atom. The Balaban J connectivity index is 2.44. The first-order valence-electron chi connectivity index (χ1n) is 4.87. The molecule has 100 valence electrons. The molecule has 1 heterocycles. The molecule has 0 aliphatic rings. The third kappa shape index (κ3) is 2.78. The summed E-state index contributed by atoms with van der Waals surface area (Å²) in [4.78, 5) is 3.78. The van der Waals surface area contributed by atoms with Gasteiger partial charge in [0, 0.05) is 5.02 Å². The number of nitrogens with two attached hydrogens (primary N) is 2. The summed E-state index contributed by atoms with van der Waals surface area (Å²) >= 11 is 14.8. The van der Waals surface area contributed by atoms with Crippen molar-refractivity contribution in [2.75, 3.05) is 11.5 Å². The zero-order valence-corrected chi connectivity index (χ0v) is 12.3. The molecule has 6 nitrogen and oxygen atoms in total. The maximum Gasteiger partial charge on any atom is 0.347 e. The third-order valence-corrected chi connectivity index (χ3v) is 3.43. The van der Waals surface area contributed by atoms with E-state index in [4.69, 9.17) is 39.4 Å². The van der Waals surface area contributed by atoms with Crippen molar-refractivity contribution in [3.8, 4) is 11.6 Å². The minimum absolute atomic E-state index is 0.0336. The molecule has 0 aliphatic heterocycles. The summed E-state index contributed by atoms with van der Waals surface area (Å²) in [6.45, 7) is 0. The highest BCUT2D eigenvalue weighted by molar-refractivity contribution is 9.10. The fraction of sp³-hybridized carbons (Fsp3) is 0. The second-order valence-electron chi connectivity index (χ2n) is 3.45. The Bertz CT molecular complexity index is 654. The van der Waals surface area contributed by atoms with Crippen molar-refractivity contribution >= 4 is 50.9 Å². The highest BCUT2D eigenvalue weighted by Gasteiger charge is 2.18. The maximum absolute atomic E-state index is 11.4. The molecule has 0 bridgehead atoms. The summed E-state index contributed by atoms with van der Waals surface area (Å²) in [7, 11) is 0. The van der Waals surface area contributed by atoms with Gasteiger partial charge in [-0.25, -0.2) is 4.73 Å². The van der Waals surface area contributed by atoms with E-state index in [0.29, 0.717) is 10.8 Å². The third-order valence-electron chi connectivity index (χ3n) is 2.16. The normalized spacial score (nSPS) is 10.5. The van der Waals surface area contributed by atoms with Crippen LogP contribution in [-0.4, -0.2) is 4.98 Å². The first kappa shape index (κ1) is 14.0. The molecule has 1 aromatic carbocycles. The van der Waals surface area contributed by atoms with E-state index in [1.165, 1.54) is 6.07 Å². The molecule has 0 aliphatic carbocycles. The Kier molecular flexibility index (Phi) is 3.88. The quantitative estimate of drug-likeness (QED) is 0.629. The lowest BCUT2D eigenvalue weighted by Crippen LogP contribution is -2.35. The second-order valence-corrected chi connectivity index (χ2v) is 5.08. The molecule has 0 amide bonds. The van der Waals surface area contributed by atoms with Crippen molar-refractivity contribution in [2.24, 2.45) is 0 Å². The molecule has 1 aromatic heterocycles. The van der Waals surface area contributed by atoms with Crippen LogP contribution in [0.4, 0.5) is 11.8 Å². The van der Waals surface area contributed by atoms with Gasteiger partial charge in [0.05, 0.1) is 5.02 Å². The van der Waals surface area contributed by atoms with Gasteiger partial charge in [-0.15, -0.1) is 0 Å². The number of hydrogen-bond donors (Lipinski definition) is 2. The Morgan fingerprint density at radius 2 is 2.00 bits per heavy atom. The summed E-state index contributed by atoms with van der Waals surface area (Å²) in [5.41, 5.74) is 11.0. The first-order chi connectivity index (χ1) is 8.90. The number of hydrogen-bond acceptors (Lipinski definition) is 5. The molecule has 0 saturated heterocycles. The molecular weight excluding hydrogens is 359 g/mol. The SMILES string of the molecule is Nc1nc(Oc2ccc(Cl)cc2Cl)c(Br)c(N)[n+]1[O-]. The molecule has 19 heavy (non-hydrogen) atoms. The van der Waals surface area contributed by atoms with Gasteiger partial charge in [0.2, 0.25) is 5.82 Å². The van der Waals surface area contributed by atoms with Crippen LogP contribution in [0.25, 0.3) is 0 Å². The number of halogens is 3. The van der Waals surface area contributed by atoms with Gasteiger partial charge < -0.3 is 21.4 Å². The highest BCUT2D eigenvalue weighted by atomic mass is 79.9. The highest BCUT2D eigenvalue weighted by Crippen LogP contribution is 2.35. The number of nitrogen functional groups attached to an aromatic ring is 2. The smallest absolute Gasteiger partial charge is 0.347 e. The van der Waals surface area contributed by atoms with Gasteiger partial charge in [0.15, 0.2) is 4.47 Å². The lowest BCUT2D eigenvalue weighted by Gasteiger charge is -2.13. The van der Waals surface area contributed by atoms with Crippen molar-refractivity contribution in [3.05, 3.63) is 37.9 Å². The van der Waals surface area contributed by atoms with E-state index in [-0.39, 0.29) is 31.9 Å². The molecule has 4 N–H and O–H groups in total. The van der Waals surface area contributed by atoms with E-state index in [1.807, 2.05) is 0 Å². The summed E-state index contributed by atoms with van der Waals surface area (Å²) in [6.07, 6.45) is 0. The van der Waals surface area contributed by atoms with Crippen LogP contribution in [0.3, 0.4) is 0 Å². The predicted molar refractivity (Wildman–Crippen MR) is 76.3 cm³/mol. The van der Waals surface area contributed by atoms with Crippen LogP contribution in [-0.2, 0) is 0 Å². The maximum atomic E-state index is 11.4. The van der Waals surface area contributed by atoms with Crippen LogP contribution in [0.2, 0.25) is 10.0 Å². The fourth-order valence-corrected chi connectivity index (χ4v) is 2.03. The van der Waals surface area contributed by atoms with Gasteiger partial charge >= 0.3 is 5.95 Å². The lowest BCUT2D eigenvalue weighted by molar-refractivity contribution is -0.577. The zero-order valence-electron chi connectivity index (χ0n) is 9.23. The van der Waals surface area contributed by atoms with Crippen molar-refractivity contribution in [2.45, 2.75) is 0 Å². The van der Waals surface area contributed by atoms with E-state index in [0.717, 1.165) is 0 Å². The minimum atomic E-state index is -0.333. The number of anilines is 2. The van der Waals surface area contributed by atoms with E-state index in [1.54, 1.807) is 12.1 Å². The zero-order chi connectivity index (χ0) is 14.2. The number of nitrogens with zero attached hydrogens (tertiary/aromatic N) is 2. The van der Waals surface area contributed by atoms with Gasteiger partial charge in [-0.1, -0.05) is 28.2 Å². The van der Waals surface area contributed by atoms with Crippen LogP contribution >= 0.6 is 39.1 Å². The van der Waals surface area contributed by atoms with Crippen molar-refractivity contribution in [1.82, 2.24) is 4.98 Å². The molecule has 2 rings (SSSR count).